The zero-order valence-corrected chi connectivity index (χ0v) is 11.9. The third kappa shape index (κ3) is 3.89. The van der Waals surface area contributed by atoms with Gasteiger partial charge in [0.1, 0.15) is 11.6 Å². The van der Waals surface area contributed by atoms with Crippen LogP contribution in [0.3, 0.4) is 0 Å². The van der Waals surface area contributed by atoms with Crippen LogP contribution < -0.4 is 9.46 Å². The van der Waals surface area contributed by atoms with Crippen molar-refractivity contribution in [3.63, 3.8) is 0 Å². The van der Waals surface area contributed by atoms with Crippen molar-refractivity contribution >= 4 is 10.3 Å². The van der Waals surface area contributed by atoms with Crippen LogP contribution in [0.4, 0.5) is 4.39 Å². The van der Waals surface area contributed by atoms with Crippen molar-refractivity contribution in [2.45, 2.75) is 32.2 Å². The lowest BCUT2D eigenvalue weighted by atomic mass is 10.0. The van der Waals surface area contributed by atoms with Crippen LogP contribution in [0.25, 0.3) is 0 Å². The van der Waals surface area contributed by atoms with Crippen molar-refractivity contribution in [3.8, 4) is 5.75 Å². The number of halogens is 1. The van der Waals surface area contributed by atoms with Gasteiger partial charge in [0.2, 0.25) is 5.79 Å². The topological polar surface area (TPSA) is 84.9 Å². The maximum absolute atomic E-state index is 13.3. The Balaban J connectivity index is 2.18. The van der Waals surface area contributed by atoms with E-state index in [9.17, 15) is 12.8 Å². The van der Waals surface area contributed by atoms with Crippen molar-refractivity contribution in [1.29, 1.82) is 0 Å². The van der Waals surface area contributed by atoms with Gasteiger partial charge in [-0.3, -0.25) is 4.55 Å². The predicted molar refractivity (Wildman–Crippen MR) is 69.1 cm³/mol. The maximum Gasteiger partial charge on any atom is 0.333 e. The summed E-state index contributed by atoms with van der Waals surface area (Å²) in [6.07, 6.45) is -0.290. The summed E-state index contributed by atoms with van der Waals surface area (Å²) >= 11 is 0. The lowest BCUT2D eigenvalue weighted by Gasteiger charge is -2.37. The largest absolute Gasteiger partial charge is 0.463 e. The second kappa shape index (κ2) is 5.28. The normalized spacial score (nSPS) is 21.1. The van der Waals surface area contributed by atoms with Crippen LogP contribution in [-0.2, 0) is 15.0 Å². The van der Waals surface area contributed by atoms with Gasteiger partial charge >= 0.3 is 10.3 Å². The number of nitrogens with one attached hydrogen (secondary N) is 1. The average molecular weight is 305 g/mol. The number of ether oxygens (including phenoxy) is 2. The number of rotatable bonds is 4. The average Bonchev–Trinajstić information content (AvgIpc) is 2.27. The van der Waals surface area contributed by atoms with E-state index >= 15 is 0 Å². The Kier molecular flexibility index (Phi) is 4.01. The van der Waals surface area contributed by atoms with E-state index in [4.69, 9.17) is 14.0 Å². The van der Waals surface area contributed by atoms with Crippen LogP contribution in [0, 0.1) is 5.82 Å². The molecule has 0 spiro atoms. The summed E-state index contributed by atoms with van der Waals surface area (Å²) in [6, 6.07) is 4.09. The molecule has 0 aliphatic carbocycles. The molecule has 0 aromatic heterocycles. The highest BCUT2D eigenvalue weighted by Gasteiger charge is 2.34. The third-order valence-electron chi connectivity index (χ3n) is 2.79. The fourth-order valence-corrected chi connectivity index (χ4v) is 2.47. The molecule has 1 unspecified atom stereocenters. The fraction of sp³-hybridized carbons (Fsp3) is 0.500. The minimum atomic E-state index is -4.25. The Morgan fingerprint density at radius 3 is 2.80 bits per heavy atom. The Hall–Kier alpha value is -1.22. The quantitative estimate of drug-likeness (QED) is 0.829. The van der Waals surface area contributed by atoms with Gasteiger partial charge in [-0.2, -0.15) is 13.1 Å². The molecule has 0 amide bonds. The summed E-state index contributed by atoms with van der Waals surface area (Å²) in [5.41, 5.74) is 0.515. The molecule has 112 valence electrons. The van der Waals surface area contributed by atoms with E-state index in [0.29, 0.717) is 11.3 Å². The van der Waals surface area contributed by atoms with Gasteiger partial charge in [0.25, 0.3) is 0 Å². The van der Waals surface area contributed by atoms with E-state index in [1.165, 1.54) is 18.2 Å². The van der Waals surface area contributed by atoms with Crippen molar-refractivity contribution < 1.29 is 26.8 Å². The number of hydrogen-bond acceptors (Lipinski definition) is 4. The molecule has 2 rings (SSSR count). The monoisotopic (exact) mass is 305 g/mol. The van der Waals surface area contributed by atoms with Crippen LogP contribution in [0.5, 0.6) is 5.75 Å². The molecule has 8 heteroatoms. The van der Waals surface area contributed by atoms with Crippen LogP contribution in [0.1, 0.15) is 31.9 Å². The van der Waals surface area contributed by atoms with Gasteiger partial charge in [-0.05, 0) is 24.6 Å². The first kappa shape index (κ1) is 15.2. The summed E-state index contributed by atoms with van der Waals surface area (Å²) in [5.74, 6) is -0.823. The lowest BCUT2D eigenvalue weighted by molar-refractivity contribution is -0.208. The van der Waals surface area contributed by atoms with Gasteiger partial charge in [-0.1, -0.05) is 0 Å². The van der Waals surface area contributed by atoms with Gasteiger partial charge in [0, 0.05) is 26.0 Å². The number of hydrogen-bond donors (Lipinski definition) is 2. The molecule has 6 nitrogen and oxygen atoms in total. The highest BCUT2D eigenvalue weighted by Crippen LogP contribution is 2.40. The molecule has 0 radical (unpaired) electrons. The molecule has 1 atom stereocenters. The van der Waals surface area contributed by atoms with Crippen molar-refractivity contribution in [3.05, 3.63) is 29.6 Å². The molecular formula is C12H16FNO5S. The van der Waals surface area contributed by atoms with E-state index in [-0.39, 0.29) is 13.0 Å². The minimum Gasteiger partial charge on any atom is -0.463 e. The first-order valence-electron chi connectivity index (χ1n) is 6.05. The smallest absolute Gasteiger partial charge is 0.333 e. The molecule has 2 N–H and O–H groups in total. The van der Waals surface area contributed by atoms with Gasteiger partial charge in [0.05, 0.1) is 6.10 Å². The first-order valence-corrected chi connectivity index (χ1v) is 7.49. The molecule has 1 aromatic carbocycles. The molecule has 0 fully saturated rings. The molecule has 1 heterocycles. The van der Waals surface area contributed by atoms with Crippen LogP contribution in [0.2, 0.25) is 0 Å². The molecule has 0 saturated carbocycles. The number of benzene rings is 1. The van der Waals surface area contributed by atoms with E-state index in [0.717, 1.165) is 0 Å². The Morgan fingerprint density at radius 2 is 2.15 bits per heavy atom. The van der Waals surface area contributed by atoms with Crippen LogP contribution in [0.15, 0.2) is 18.2 Å². The zero-order chi connectivity index (χ0) is 15.0. The SMILES string of the molecule is CC1(C)Oc2ccc(F)cc2C(CCNS(=O)(=O)O)O1. The molecular weight excluding hydrogens is 289 g/mol. The van der Waals surface area contributed by atoms with Gasteiger partial charge in [-0.25, -0.2) is 4.39 Å². The second-order valence-electron chi connectivity index (χ2n) is 4.95. The summed E-state index contributed by atoms with van der Waals surface area (Å²) < 4.78 is 56.4. The van der Waals surface area contributed by atoms with Gasteiger partial charge in [0.15, 0.2) is 0 Å². The van der Waals surface area contributed by atoms with Crippen LogP contribution in [-0.4, -0.2) is 25.3 Å². The molecule has 1 aliphatic rings. The molecule has 1 aromatic rings. The van der Waals surface area contributed by atoms with Crippen molar-refractivity contribution in [2.24, 2.45) is 0 Å². The summed E-state index contributed by atoms with van der Waals surface area (Å²) in [4.78, 5) is 0. The Morgan fingerprint density at radius 1 is 1.45 bits per heavy atom. The second-order valence-corrected chi connectivity index (χ2v) is 6.19. The van der Waals surface area contributed by atoms with E-state index in [1.54, 1.807) is 13.8 Å². The summed E-state index contributed by atoms with van der Waals surface area (Å²) in [7, 11) is -4.25. The van der Waals surface area contributed by atoms with Crippen molar-refractivity contribution in [2.75, 3.05) is 6.54 Å². The summed E-state index contributed by atoms with van der Waals surface area (Å²) in [6.45, 7) is 3.39. The maximum atomic E-state index is 13.3. The highest BCUT2D eigenvalue weighted by molar-refractivity contribution is 7.83. The summed E-state index contributed by atoms with van der Waals surface area (Å²) in [5, 5.41) is 0. The molecule has 0 saturated heterocycles. The van der Waals surface area contributed by atoms with Gasteiger partial charge in [-0.15, -0.1) is 0 Å². The van der Waals surface area contributed by atoms with Crippen LogP contribution >= 0.6 is 0 Å². The standard InChI is InChI=1S/C12H16FNO5S/c1-12(2)18-10-4-3-8(13)7-9(10)11(19-12)5-6-14-20(15,16)17/h3-4,7,11,14H,5-6H2,1-2H3,(H,15,16,17). The predicted octanol–water partition coefficient (Wildman–Crippen LogP) is 1.79. The highest BCUT2D eigenvalue weighted by atomic mass is 32.2. The fourth-order valence-electron chi connectivity index (χ4n) is 2.09. The lowest BCUT2D eigenvalue weighted by Crippen LogP contribution is -2.38. The number of fused-ring (bicyclic) bond motifs is 1. The van der Waals surface area contributed by atoms with E-state index in [1.807, 2.05) is 4.72 Å². The van der Waals surface area contributed by atoms with E-state index in [2.05, 4.69) is 0 Å². The Bertz CT molecular complexity index is 602. The molecule has 0 bridgehead atoms. The molecule has 20 heavy (non-hydrogen) atoms. The molecule has 1 aliphatic heterocycles. The minimum absolute atomic E-state index is 0.0322. The third-order valence-corrected chi connectivity index (χ3v) is 3.36. The van der Waals surface area contributed by atoms with Crippen molar-refractivity contribution in [1.82, 2.24) is 4.72 Å². The zero-order valence-electron chi connectivity index (χ0n) is 11.1. The Labute approximate surface area is 116 Å². The van der Waals surface area contributed by atoms with Gasteiger partial charge < -0.3 is 9.47 Å². The van der Waals surface area contributed by atoms with E-state index < -0.39 is 28.0 Å². The first-order chi connectivity index (χ1) is 9.16.